The normalized spacial score (nSPS) is 36.6. The number of ether oxygens (including phenoxy) is 1. The molecule has 2 heterocycles. The first-order valence-corrected chi connectivity index (χ1v) is 7.30. The van der Waals surface area contributed by atoms with Crippen LogP contribution >= 0.6 is 0 Å². The van der Waals surface area contributed by atoms with Gasteiger partial charge >= 0.3 is 0 Å². The highest BCUT2D eigenvalue weighted by atomic mass is 16.5. The molecule has 0 saturated carbocycles. The van der Waals surface area contributed by atoms with Gasteiger partial charge in [-0.3, -0.25) is 4.79 Å². The Morgan fingerprint density at radius 2 is 2.17 bits per heavy atom. The number of rotatable bonds is 4. The Hall–Kier alpha value is -0.610. The fraction of sp³-hybridized carbons (Fsp3) is 0.929. The second-order valence-electron chi connectivity index (χ2n) is 5.83. The van der Waals surface area contributed by atoms with Gasteiger partial charge in [0.05, 0.1) is 12.2 Å². The molecule has 0 aromatic carbocycles. The van der Waals surface area contributed by atoms with E-state index in [2.05, 4.69) is 24.5 Å². The zero-order chi connectivity index (χ0) is 13.0. The van der Waals surface area contributed by atoms with Gasteiger partial charge in [-0.05, 0) is 51.6 Å². The van der Waals surface area contributed by atoms with Crippen LogP contribution in [-0.2, 0) is 9.53 Å². The number of hydrogen-bond acceptors (Lipinski definition) is 3. The summed E-state index contributed by atoms with van der Waals surface area (Å²) in [6.07, 6.45) is 5.45. The number of nitrogens with one attached hydrogen (secondary N) is 2. The average Bonchev–Trinajstić information content (AvgIpc) is 2.76. The summed E-state index contributed by atoms with van der Waals surface area (Å²) in [5.74, 6) is 0.724. The minimum Gasteiger partial charge on any atom is -0.375 e. The van der Waals surface area contributed by atoms with Crippen molar-refractivity contribution < 1.29 is 9.53 Å². The molecule has 0 spiro atoms. The van der Waals surface area contributed by atoms with E-state index < -0.39 is 0 Å². The maximum Gasteiger partial charge on any atom is 0.220 e. The minimum absolute atomic E-state index is 0.192. The van der Waals surface area contributed by atoms with Gasteiger partial charge in [0.1, 0.15) is 0 Å². The first-order chi connectivity index (χ1) is 8.65. The van der Waals surface area contributed by atoms with E-state index in [4.69, 9.17) is 4.74 Å². The van der Waals surface area contributed by atoms with Crippen LogP contribution in [0.2, 0.25) is 0 Å². The Labute approximate surface area is 110 Å². The van der Waals surface area contributed by atoms with Crippen molar-refractivity contribution in [2.24, 2.45) is 5.92 Å². The van der Waals surface area contributed by atoms with Crippen molar-refractivity contribution in [3.05, 3.63) is 0 Å². The van der Waals surface area contributed by atoms with Crippen molar-refractivity contribution in [1.29, 1.82) is 0 Å². The molecule has 2 saturated heterocycles. The monoisotopic (exact) mass is 254 g/mol. The smallest absolute Gasteiger partial charge is 0.220 e. The highest BCUT2D eigenvalue weighted by Crippen LogP contribution is 2.22. The summed E-state index contributed by atoms with van der Waals surface area (Å²) in [5, 5.41) is 6.52. The molecule has 4 unspecified atom stereocenters. The van der Waals surface area contributed by atoms with Crippen LogP contribution in [0.15, 0.2) is 0 Å². The lowest BCUT2D eigenvalue weighted by molar-refractivity contribution is -0.123. The number of piperidine rings is 1. The van der Waals surface area contributed by atoms with E-state index in [-0.39, 0.29) is 5.91 Å². The summed E-state index contributed by atoms with van der Waals surface area (Å²) in [6, 6.07) is 0.349. The van der Waals surface area contributed by atoms with Crippen LogP contribution in [0.4, 0.5) is 0 Å². The Morgan fingerprint density at radius 1 is 1.33 bits per heavy atom. The lowest BCUT2D eigenvalue weighted by Crippen LogP contribution is -2.48. The van der Waals surface area contributed by atoms with Crippen molar-refractivity contribution in [3.8, 4) is 0 Å². The van der Waals surface area contributed by atoms with Gasteiger partial charge in [-0.1, -0.05) is 6.92 Å². The Bertz CT molecular complexity index is 283. The summed E-state index contributed by atoms with van der Waals surface area (Å²) < 4.78 is 5.73. The van der Waals surface area contributed by atoms with E-state index in [1.165, 1.54) is 0 Å². The fourth-order valence-electron chi connectivity index (χ4n) is 2.90. The predicted molar refractivity (Wildman–Crippen MR) is 71.4 cm³/mol. The largest absolute Gasteiger partial charge is 0.375 e. The van der Waals surface area contributed by atoms with E-state index in [9.17, 15) is 4.79 Å². The van der Waals surface area contributed by atoms with Crippen LogP contribution in [0.3, 0.4) is 0 Å². The van der Waals surface area contributed by atoms with E-state index >= 15 is 0 Å². The lowest BCUT2D eigenvalue weighted by atomic mass is 9.95. The second kappa shape index (κ2) is 6.53. The highest BCUT2D eigenvalue weighted by molar-refractivity contribution is 5.76. The van der Waals surface area contributed by atoms with Gasteiger partial charge in [-0.15, -0.1) is 0 Å². The molecule has 0 aliphatic carbocycles. The van der Waals surface area contributed by atoms with Crippen LogP contribution < -0.4 is 10.6 Å². The quantitative estimate of drug-likeness (QED) is 0.798. The minimum atomic E-state index is 0.192. The number of amides is 1. The summed E-state index contributed by atoms with van der Waals surface area (Å²) >= 11 is 0. The summed E-state index contributed by atoms with van der Waals surface area (Å²) in [5.41, 5.74) is 0. The third kappa shape index (κ3) is 3.95. The first-order valence-electron chi connectivity index (χ1n) is 7.30. The Morgan fingerprint density at radius 3 is 2.83 bits per heavy atom. The Balaban J connectivity index is 1.65. The van der Waals surface area contributed by atoms with E-state index in [1.807, 2.05) is 0 Å². The lowest BCUT2D eigenvalue weighted by Gasteiger charge is -2.30. The van der Waals surface area contributed by atoms with Gasteiger partial charge in [0.25, 0.3) is 0 Å². The van der Waals surface area contributed by atoms with Crippen molar-refractivity contribution in [2.75, 3.05) is 13.1 Å². The van der Waals surface area contributed by atoms with Crippen LogP contribution in [0, 0.1) is 5.92 Å². The first kappa shape index (κ1) is 13.8. The van der Waals surface area contributed by atoms with Gasteiger partial charge < -0.3 is 15.4 Å². The van der Waals surface area contributed by atoms with Crippen LogP contribution in [0.5, 0.6) is 0 Å². The standard InChI is InChI=1S/C14H26N2O2/c1-10-9-15-8-7-13(10)16-14(17)6-5-12-4-3-11(2)18-12/h10-13,15H,3-9H2,1-2H3,(H,16,17). The fourth-order valence-corrected chi connectivity index (χ4v) is 2.90. The zero-order valence-corrected chi connectivity index (χ0v) is 11.6. The Kier molecular flexibility index (Phi) is 5.01. The van der Waals surface area contributed by atoms with Gasteiger partial charge in [0, 0.05) is 12.5 Å². The molecule has 4 atom stereocenters. The third-order valence-electron chi connectivity index (χ3n) is 4.15. The molecule has 2 fully saturated rings. The molecule has 4 nitrogen and oxygen atoms in total. The summed E-state index contributed by atoms with van der Waals surface area (Å²) in [6.45, 7) is 6.32. The third-order valence-corrected chi connectivity index (χ3v) is 4.15. The van der Waals surface area contributed by atoms with Crippen LogP contribution in [0.1, 0.15) is 46.0 Å². The molecule has 18 heavy (non-hydrogen) atoms. The summed E-state index contributed by atoms with van der Waals surface area (Å²) in [7, 11) is 0. The van der Waals surface area contributed by atoms with Crippen molar-refractivity contribution in [2.45, 2.75) is 64.2 Å². The van der Waals surface area contributed by atoms with E-state index in [1.54, 1.807) is 0 Å². The molecule has 2 N–H and O–H groups in total. The molecule has 0 aromatic rings. The molecular formula is C14H26N2O2. The molecule has 104 valence electrons. The van der Waals surface area contributed by atoms with Crippen LogP contribution in [-0.4, -0.2) is 37.2 Å². The number of carbonyl (C=O) groups excluding carboxylic acids is 1. The topological polar surface area (TPSA) is 50.4 Å². The molecule has 2 aliphatic rings. The second-order valence-corrected chi connectivity index (χ2v) is 5.83. The van der Waals surface area contributed by atoms with Crippen molar-refractivity contribution >= 4 is 5.91 Å². The number of carbonyl (C=O) groups is 1. The van der Waals surface area contributed by atoms with Gasteiger partial charge in [-0.25, -0.2) is 0 Å². The molecule has 0 aromatic heterocycles. The van der Waals surface area contributed by atoms with Crippen LogP contribution in [0.25, 0.3) is 0 Å². The maximum absolute atomic E-state index is 11.9. The molecule has 0 radical (unpaired) electrons. The molecule has 0 bridgehead atoms. The highest BCUT2D eigenvalue weighted by Gasteiger charge is 2.25. The summed E-state index contributed by atoms with van der Waals surface area (Å²) in [4.78, 5) is 11.9. The van der Waals surface area contributed by atoms with Gasteiger partial charge in [0.2, 0.25) is 5.91 Å². The SMILES string of the molecule is CC1CCC(CCC(=O)NC2CCNCC2C)O1. The number of hydrogen-bond donors (Lipinski definition) is 2. The zero-order valence-electron chi connectivity index (χ0n) is 11.6. The molecular weight excluding hydrogens is 228 g/mol. The van der Waals surface area contributed by atoms with Gasteiger partial charge in [0.15, 0.2) is 0 Å². The van der Waals surface area contributed by atoms with E-state index in [0.717, 1.165) is 38.8 Å². The van der Waals surface area contributed by atoms with E-state index in [0.29, 0.717) is 30.6 Å². The molecule has 1 amide bonds. The average molecular weight is 254 g/mol. The molecule has 2 aliphatic heterocycles. The maximum atomic E-state index is 11.9. The van der Waals surface area contributed by atoms with Crippen molar-refractivity contribution in [3.63, 3.8) is 0 Å². The van der Waals surface area contributed by atoms with Crippen molar-refractivity contribution in [1.82, 2.24) is 10.6 Å². The molecule has 2 rings (SSSR count). The van der Waals surface area contributed by atoms with Gasteiger partial charge in [-0.2, -0.15) is 0 Å². The molecule has 4 heteroatoms. The predicted octanol–water partition coefficient (Wildman–Crippen LogP) is 1.45.